The second kappa shape index (κ2) is 18.4. The molecule has 0 aliphatic rings. The maximum Gasteiger partial charge on any atom is 0.303 e. The summed E-state index contributed by atoms with van der Waals surface area (Å²) in [7, 11) is 0. The quantitative estimate of drug-likeness (QED) is 0.117. The Hall–Kier alpha value is -2.43. The molecule has 27 heavy (non-hydrogen) atoms. The zero-order valence-electron chi connectivity index (χ0n) is 16.3. The van der Waals surface area contributed by atoms with Crippen molar-refractivity contribution in [3.63, 3.8) is 0 Å². The molecule has 1 atom stereocenters. The molecule has 1 N–H and O–H groups in total. The molecule has 0 aliphatic heterocycles. The molecule has 5 nitrogen and oxygen atoms in total. The molecule has 0 aromatic heterocycles. The van der Waals surface area contributed by atoms with Gasteiger partial charge in [-0.15, -0.1) is 0 Å². The average molecular weight is 376 g/mol. The third-order valence-electron chi connectivity index (χ3n) is 3.77. The maximum absolute atomic E-state index is 11.1. The highest BCUT2D eigenvalue weighted by Crippen LogP contribution is 2.05. The fraction of sp³-hybridized carbons (Fsp3) is 0.500. The van der Waals surface area contributed by atoms with Crippen molar-refractivity contribution >= 4 is 5.97 Å². The fourth-order valence-corrected chi connectivity index (χ4v) is 2.27. The van der Waals surface area contributed by atoms with Crippen LogP contribution in [0, 0.1) is 10.1 Å². The lowest BCUT2D eigenvalue weighted by Gasteiger charge is -1.99. The lowest BCUT2D eigenvalue weighted by molar-refractivity contribution is -0.508. The minimum atomic E-state index is -0.733. The predicted molar refractivity (Wildman–Crippen MR) is 111 cm³/mol. The van der Waals surface area contributed by atoms with Gasteiger partial charge in [0.05, 0.1) is 0 Å². The molecule has 0 fully saturated rings. The number of nitro groups is 1. The molecule has 0 saturated heterocycles. The van der Waals surface area contributed by atoms with Crippen LogP contribution in [0.3, 0.4) is 0 Å². The van der Waals surface area contributed by atoms with Crippen LogP contribution in [0.1, 0.15) is 64.7 Å². The van der Waals surface area contributed by atoms with Gasteiger partial charge >= 0.3 is 5.97 Å². The van der Waals surface area contributed by atoms with Gasteiger partial charge in [0.15, 0.2) is 0 Å². The van der Waals surface area contributed by atoms with E-state index in [0.29, 0.717) is 6.42 Å². The number of rotatable bonds is 16. The Morgan fingerprint density at radius 3 is 2.37 bits per heavy atom. The lowest BCUT2D eigenvalue weighted by Crippen LogP contribution is -2.15. The minimum Gasteiger partial charge on any atom is -0.481 e. The van der Waals surface area contributed by atoms with E-state index in [9.17, 15) is 14.9 Å². The number of allylic oxidation sites excluding steroid dienone is 8. The largest absolute Gasteiger partial charge is 0.481 e. The van der Waals surface area contributed by atoms with Crippen LogP contribution in [-0.4, -0.2) is 22.0 Å². The standard InChI is InChI=1S/C22H33NO4/c1-2-3-4-5-12-15-18-21(23(26)27)19-16-13-10-8-6-7-9-11-14-17-20-22(24)25/h3-4,6-7,10,12-13,15-16,19,21H,2,5,8-9,11,14,17-18,20H2,1H3,(H,24,25). The second-order valence-corrected chi connectivity index (χ2v) is 6.19. The van der Waals surface area contributed by atoms with E-state index in [0.717, 1.165) is 44.9 Å². The lowest BCUT2D eigenvalue weighted by atomic mass is 10.1. The minimum absolute atomic E-state index is 0.246. The van der Waals surface area contributed by atoms with E-state index in [2.05, 4.69) is 31.2 Å². The van der Waals surface area contributed by atoms with E-state index < -0.39 is 12.0 Å². The van der Waals surface area contributed by atoms with Gasteiger partial charge < -0.3 is 5.11 Å². The van der Waals surface area contributed by atoms with Crippen LogP contribution in [0.15, 0.2) is 60.8 Å². The number of carboxylic acid groups (broad SMARTS) is 1. The number of carbonyl (C=O) groups is 1. The Morgan fingerprint density at radius 2 is 1.67 bits per heavy atom. The van der Waals surface area contributed by atoms with Gasteiger partial charge in [-0.05, 0) is 44.6 Å². The molecule has 0 aromatic carbocycles. The van der Waals surface area contributed by atoms with E-state index in [1.807, 2.05) is 24.3 Å². The number of carboxylic acids is 1. The van der Waals surface area contributed by atoms with E-state index in [4.69, 9.17) is 5.11 Å². The molecule has 0 bridgehead atoms. The predicted octanol–water partition coefficient (Wildman–Crippen LogP) is 6.03. The number of aliphatic carboxylic acids is 1. The van der Waals surface area contributed by atoms with Crippen LogP contribution in [0.2, 0.25) is 0 Å². The van der Waals surface area contributed by atoms with Crippen LogP contribution in [0.5, 0.6) is 0 Å². The van der Waals surface area contributed by atoms with E-state index >= 15 is 0 Å². The zero-order valence-corrected chi connectivity index (χ0v) is 16.3. The fourth-order valence-electron chi connectivity index (χ4n) is 2.27. The molecular formula is C22H33NO4. The topological polar surface area (TPSA) is 80.4 Å². The molecule has 0 aromatic rings. The van der Waals surface area contributed by atoms with Crippen molar-refractivity contribution in [2.24, 2.45) is 0 Å². The van der Waals surface area contributed by atoms with E-state index in [1.165, 1.54) is 0 Å². The third kappa shape index (κ3) is 18.2. The molecule has 0 spiro atoms. The summed E-state index contributed by atoms with van der Waals surface area (Å²) in [5.41, 5.74) is 0. The third-order valence-corrected chi connectivity index (χ3v) is 3.77. The summed E-state index contributed by atoms with van der Waals surface area (Å²) in [5.74, 6) is -0.733. The first kappa shape index (κ1) is 24.6. The molecular weight excluding hydrogens is 342 g/mol. The monoisotopic (exact) mass is 375 g/mol. The summed E-state index contributed by atoms with van der Waals surface area (Å²) in [4.78, 5) is 21.2. The van der Waals surface area contributed by atoms with Crippen LogP contribution < -0.4 is 0 Å². The van der Waals surface area contributed by atoms with Crippen molar-refractivity contribution in [3.05, 3.63) is 70.9 Å². The van der Waals surface area contributed by atoms with Crippen molar-refractivity contribution in [1.82, 2.24) is 0 Å². The summed E-state index contributed by atoms with van der Waals surface area (Å²) >= 11 is 0. The molecule has 0 saturated carbocycles. The first-order valence-corrected chi connectivity index (χ1v) is 9.71. The Kier molecular flexibility index (Phi) is 16.7. The maximum atomic E-state index is 11.1. The first-order chi connectivity index (χ1) is 13.1. The van der Waals surface area contributed by atoms with Crippen molar-refractivity contribution < 1.29 is 14.8 Å². The Balaban J connectivity index is 3.95. The van der Waals surface area contributed by atoms with Gasteiger partial charge in [-0.1, -0.05) is 68.0 Å². The zero-order chi connectivity index (χ0) is 20.2. The van der Waals surface area contributed by atoms with Gasteiger partial charge in [0.2, 0.25) is 6.04 Å². The van der Waals surface area contributed by atoms with Crippen LogP contribution in [-0.2, 0) is 4.79 Å². The molecule has 150 valence electrons. The smallest absolute Gasteiger partial charge is 0.303 e. The van der Waals surface area contributed by atoms with Crippen molar-refractivity contribution in [1.29, 1.82) is 0 Å². The number of hydrogen-bond donors (Lipinski definition) is 1. The highest BCUT2D eigenvalue weighted by molar-refractivity contribution is 5.66. The van der Waals surface area contributed by atoms with E-state index in [1.54, 1.807) is 12.2 Å². The Bertz CT molecular complexity index is 545. The highest BCUT2D eigenvalue weighted by Gasteiger charge is 2.12. The summed E-state index contributed by atoms with van der Waals surface area (Å²) in [6.07, 6.45) is 26.1. The van der Waals surface area contributed by atoms with Gasteiger partial charge in [-0.3, -0.25) is 14.9 Å². The van der Waals surface area contributed by atoms with Gasteiger partial charge in [-0.25, -0.2) is 0 Å². The molecule has 0 radical (unpaired) electrons. The molecule has 0 aliphatic carbocycles. The summed E-state index contributed by atoms with van der Waals surface area (Å²) in [5, 5.41) is 19.6. The van der Waals surface area contributed by atoms with Crippen LogP contribution in [0.25, 0.3) is 0 Å². The SMILES string of the molecule is CCC=CCC=CCC(C=CC=CCC=CCCCCCC(=O)O)[N+](=O)[O-]. The van der Waals surface area contributed by atoms with Crippen LogP contribution >= 0.6 is 0 Å². The normalized spacial score (nSPS) is 13.7. The average Bonchev–Trinajstić information content (AvgIpc) is 2.63. The van der Waals surface area contributed by atoms with Crippen LogP contribution in [0.4, 0.5) is 0 Å². The molecule has 5 heteroatoms. The summed E-state index contributed by atoms with van der Waals surface area (Å²) in [6, 6.07) is -0.692. The van der Waals surface area contributed by atoms with Crippen molar-refractivity contribution in [2.75, 3.05) is 0 Å². The first-order valence-electron chi connectivity index (χ1n) is 9.71. The summed E-state index contributed by atoms with van der Waals surface area (Å²) in [6.45, 7) is 2.07. The molecule has 0 rings (SSSR count). The summed E-state index contributed by atoms with van der Waals surface area (Å²) < 4.78 is 0. The van der Waals surface area contributed by atoms with Crippen molar-refractivity contribution in [3.8, 4) is 0 Å². The number of nitrogens with zero attached hydrogens (tertiary/aromatic N) is 1. The van der Waals surface area contributed by atoms with Gasteiger partial charge in [0.25, 0.3) is 0 Å². The molecule has 1 unspecified atom stereocenters. The molecule has 0 heterocycles. The van der Waals surface area contributed by atoms with Gasteiger partial charge in [0, 0.05) is 17.8 Å². The number of unbranched alkanes of at least 4 members (excludes halogenated alkanes) is 3. The Labute approximate surface area is 163 Å². The number of hydrogen-bond acceptors (Lipinski definition) is 3. The van der Waals surface area contributed by atoms with Gasteiger partial charge in [-0.2, -0.15) is 0 Å². The highest BCUT2D eigenvalue weighted by atomic mass is 16.6. The molecule has 0 amide bonds. The second-order valence-electron chi connectivity index (χ2n) is 6.19. The van der Waals surface area contributed by atoms with Crippen molar-refractivity contribution in [2.45, 2.75) is 70.8 Å². The van der Waals surface area contributed by atoms with Gasteiger partial charge in [0.1, 0.15) is 0 Å². The van der Waals surface area contributed by atoms with E-state index in [-0.39, 0.29) is 11.3 Å². The Morgan fingerprint density at radius 1 is 0.963 bits per heavy atom.